The van der Waals surface area contributed by atoms with Crippen LogP contribution in [0.25, 0.3) is 33.3 Å². The van der Waals surface area contributed by atoms with Gasteiger partial charge in [0.1, 0.15) is 0 Å². The molecule has 292 valence electrons. The van der Waals surface area contributed by atoms with E-state index in [1.165, 1.54) is 89.1 Å². The number of alkyl halides is 1. The number of anilines is 4. The molecule has 0 saturated heterocycles. The number of para-hydroxylation sites is 2. The summed E-state index contributed by atoms with van der Waals surface area (Å²) >= 11 is 2.66. The minimum Gasteiger partial charge on any atom is -0.316 e. The number of benzene rings is 5. The molecule has 0 saturated carbocycles. The Kier molecular flexibility index (Phi) is 8.46. The average Bonchev–Trinajstić information content (AvgIpc) is 3.91. The largest absolute Gasteiger partial charge is 0.316 e. The van der Waals surface area contributed by atoms with E-state index in [0.29, 0.717) is 5.92 Å². The molecule has 0 N–H and O–H groups in total. The molecular weight excluding hydrogens is 818 g/mol. The van der Waals surface area contributed by atoms with Crippen molar-refractivity contribution in [3.63, 3.8) is 0 Å². The van der Waals surface area contributed by atoms with Crippen LogP contribution in [-0.4, -0.2) is 7.82 Å². The Hall–Kier alpha value is -4.81. The Labute approximate surface area is 358 Å². The highest BCUT2D eigenvalue weighted by Crippen LogP contribution is 2.59. The van der Waals surface area contributed by atoms with E-state index >= 15 is 0 Å². The summed E-state index contributed by atoms with van der Waals surface area (Å²) in [5.74, 6) is 0.342. The molecule has 0 spiro atoms. The molecule has 3 nitrogen and oxygen atoms in total. The first-order valence-corrected chi connectivity index (χ1v) is 22.2. The van der Waals surface area contributed by atoms with Crippen molar-refractivity contribution in [2.75, 3.05) is 9.80 Å². The average molecular weight is 872 g/mol. The first kappa shape index (κ1) is 37.5. The summed E-state index contributed by atoms with van der Waals surface area (Å²) in [6.45, 7) is 21.1. The molecule has 10 rings (SSSR count). The molecular formula is C54H54IN3. The number of aromatic nitrogens is 1. The summed E-state index contributed by atoms with van der Waals surface area (Å²) in [4.78, 5) is 5.08. The molecule has 0 amide bonds. The summed E-state index contributed by atoms with van der Waals surface area (Å²) < 4.78 is 2.69. The van der Waals surface area contributed by atoms with Crippen molar-refractivity contribution in [1.29, 1.82) is 0 Å². The third-order valence-electron chi connectivity index (χ3n) is 13.1. The second-order valence-electron chi connectivity index (χ2n) is 19.4. The maximum absolute atomic E-state index is 2.67. The normalized spacial score (nSPS) is 17.6. The molecule has 58 heavy (non-hydrogen) atoms. The van der Waals surface area contributed by atoms with Gasteiger partial charge in [-0.05, 0) is 127 Å². The fraction of sp³-hybridized carbons (Fsp3) is 0.296. The Morgan fingerprint density at radius 2 is 1.34 bits per heavy atom. The number of halogens is 1. The first-order valence-electron chi connectivity index (χ1n) is 21.2. The highest BCUT2D eigenvalue weighted by molar-refractivity contribution is 14.1. The lowest BCUT2D eigenvalue weighted by atomic mass is 9.80. The van der Waals surface area contributed by atoms with Gasteiger partial charge in [0, 0.05) is 71.6 Å². The Morgan fingerprint density at radius 1 is 0.707 bits per heavy atom. The highest BCUT2D eigenvalue weighted by Gasteiger charge is 2.45. The van der Waals surface area contributed by atoms with Gasteiger partial charge in [0.05, 0.1) is 16.7 Å². The van der Waals surface area contributed by atoms with Gasteiger partial charge in [0.25, 0.3) is 0 Å². The van der Waals surface area contributed by atoms with Gasteiger partial charge in [-0.2, -0.15) is 0 Å². The fourth-order valence-electron chi connectivity index (χ4n) is 10.1. The second kappa shape index (κ2) is 13.1. The summed E-state index contributed by atoms with van der Waals surface area (Å²) in [6.07, 6.45) is 8.09. The van der Waals surface area contributed by atoms with Crippen LogP contribution in [0.3, 0.4) is 0 Å². The maximum atomic E-state index is 2.67. The van der Waals surface area contributed by atoms with Gasteiger partial charge in [-0.25, -0.2) is 0 Å². The van der Waals surface area contributed by atoms with Crippen LogP contribution in [0.5, 0.6) is 0 Å². The summed E-state index contributed by atoms with van der Waals surface area (Å²) in [7, 11) is 0. The van der Waals surface area contributed by atoms with E-state index in [-0.39, 0.29) is 14.3 Å². The predicted octanol–water partition coefficient (Wildman–Crippen LogP) is 15.5. The first-order chi connectivity index (χ1) is 27.6. The fourth-order valence-corrected chi connectivity index (χ4v) is 10.4. The summed E-state index contributed by atoms with van der Waals surface area (Å²) in [5.41, 5.74) is 20.5. The molecule has 5 aromatic carbocycles. The zero-order chi connectivity index (χ0) is 40.5. The lowest BCUT2D eigenvalue weighted by Crippen LogP contribution is -2.20. The zero-order valence-corrected chi connectivity index (χ0v) is 37.6. The van der Waals surface area contributed by atoms with E-state index in [1.807, 2.05) is 0 Å². The highest BCUT2D eigenvalue weighted by atomic mass is 127. The molecule has 0 fully saturated rings. The number of nitrogens with zero attached hydrogens (tertiary/aromatic N) is 3. The lowest BCUT2D eigenvalue weighted by molar-refractivity contribution is 0.590. The number of aryl methyl sites for hydroxylation is 1. The standard InChI is InChI=1S/C54H54IN3/c1-10-47-43(46-29-35(53(5,6)7)28-45-42-27-34(52(2,3)4)21-24-48(42)58(47)51(45)46)31-40-26-33-25-36(54(8,9)55)30-44-41-23-22-39(32-49(41)57(40)50(33)44)56(37-17-13-11-14-18-37)38-19-15-12-16-20-38/h11-25,27-29,31-32,44H,10,26,30H2,1-9H3/b40-31+. The van der Waals surface area contributed by atoms with Gasteiger partial charge < -0.3 is 14.2 Å². The van der Waals surface area contributed by atoms with Crippen molar-refractivity contribution in [3.8, 4) is 0 Å². The molecule has 3 aliphatic rings. The smallest absolute Gasteiger partial charge is 0.0617 e. The zero-order valence-electron chi connectivity index (χ0n) is 35.5. The SMILES string of the molecule is CCc1c(/C=C2\CC3=C4C(CC(C(C)(C)I)=C3)c3ccc(N(c5ccccc5)c5ccccc5)cc3N42)c2cc(C(C)(C)C)cc3c4cc(C(C)(C)C)ccc4n1c23. The molecule has 2 aromatic heterocycles. The molecule has 1 aliphatic carbocycles. The number of hydrogen-bond acceptors (Lipinski definition) is 2. The van der Waals surface area contributed by atoms with Gasteiger partial charge in [-0.15, -0.1) is 0 Å². The third-order valence-corrected chi connectivity index (χ3v) is 13.8. The van der Waals surface area contributed by atoms with E-state index < -0.39 is 0 Å². The van der Waals surface area contributed by atoms with Crippen LogP contribution in [0.15, 0.2) is 138 Å². The van der Waals surface area contributed by atoms with E-state index in [9.17, 15) is 0 Å². The quantitative estimate of drug-likeness (QED) is 0.122. The monoisotopic (exact) mass is 871 g/mol. The molecule has 4 heterocycles. The van der Waals surface area contributed by atoms with E-state index in [4.69, 9.17) is 0 Å². The van der Waals surface area contributed by atoms with Crippen LogP contribution < -0.4 is 9.80 Å². The van der Waals surface area contributed by atoms with Crippen LogP contribution in [0.4, 0.5) is 22.7 Å². The van der Waals surface area contributed by atoms with Crippen LogP contribution in [0.1, 0.15) is 109 Å². The molecule has 0 bridgehead atoms. The van der Waals surface area contributed by atoms with Crippen LogP contribution in [0, 0.1) is 0 Å². The molecule has 4 heteroatoms. The topological polar surface area (TPSA) is 10.9 Å². The summed E-state index contributed by atoms with van der Waals surface area (Å²) in [5, 5.41) is 4.12. The van der Waals surface area contributed by atoms with Crippen molar-refractivity contribution < 1.29 is 0 Å². The van der Waals surface area contributed by atoms with E-state index in [2.05, 4.69) is 220 Å². The van der Waals surface area contributed by atoms with Crippen LogP contribution >= 0.6 is 22.6 Å². The van der Waals surface area contributed by atoms with Gasteiger partial charge in [-0.3, -0.25) is 0 Å². The van der Waals surface area contributed by atoms with Crippen molar-refractivity contribution >= 4 is 78.6 Å². The van der Waals surface area contributed by atoms with Gasteiger partial charge in [0.2, 0.25) is 0 Å². The minimum atomic E-state index is 0.0102. The number of allylic oxidation sites excluding steroid dienone is 4. The maximum Gasteiger partial charge on any atom is 0.0617 e. The molecule has 7 aromatic rings. The van der Waals surface area contributed by atoms with Crippen molar-refractivity contribution in [2.45, 2.75) is 102 Å². The number of rotatable bonds is 6. The molecule has 1 unspecified atom stereocenters. The van der Waals surface area contributed by atoms with Crippen molar-refractivity contribution in [3.05, 3.63) is 166 Å². The van der Waals surface area contributed by atoms with Gasteiger partial charge in [0.15, 0.2) is 0 Å². The van der Waals surface area contributed by atoms with Crippen molar-refractivity contribution in [1.82, 2.24) is 4.40 Å². The van der Waals surface area contributed by atoms with Crippen LogP contribution in [-0.2, 0) is 17.3 Å². The Bertz CT molecular complexity index is 2830. The Morgan fingerprint density at radius 3 is 1.97 bits per heavy atom. The second-order valence-corrected chi connectivity index (χ2v) is 22.1. The van der Waals surface area contributed by atoms with E-state index in [1.54, 1.807) is 0 Å². The molecule has 2 aliphatic heterocycles. The van der Waals surface area contributed by atoms with Crippen LogP contribution in [0.2, 0.25) is 0 Å². The third kappa shape index (κ3) is 5.79. The Balaban J connectivity index is 1.21. The molecule has 0 radical (unpaired) electrons. The summed E-state index contributed by atoms with van der Waals surface area (Å²) in [6, 6.07) is 41.1. The van der Waals surface area contributed by atoms with Crippen molar-refractivity contribution in [2.24, 2.45) is 0 Å². The van der Waals surface area contributed by atoms with Gasteiger partial charge >= 0.3 is 0 Å². The number of hydrogen-bond donors (Lipinski definition) is 0. The lowest BCUT2D eigenvalue weighted by Gasteiger charge is -2.29. The molecule has 1 atom stereocenters. The van der Waals surface area contributed by atoms with Gasteiger partial charge in [-0.1, -0.05) is 131 Å². The predicted molar refractivity (Wildman–Crippen MR) is 257 cm³/mol. The van der Waals surface area contributed by atoms with E-state index in [0.717, 1.165) is 30.6 Å². The minimum absolute atomic E-state index is 0.0102. The number of fused-ring (bicyclic) bond motifs is 6.